The van der Waals surface area contributed by atoms with Crippen LogP contribution in [-0.4, -0.2) is 34.5 Å². The molecule has 1 unspecified atom stereocenters. The molecule has 5 rings (SSSR count). The predicted molar refractivity (Wildman–Crippen MR) is 155 cm³/mol. The fraction of sp³-hybridized carbons (Fsp3) is 0.167. The van der Waals surface area contributed by atoms with Gasteiger partial charge in [0.05, 0.1) is 23.2 Å². The number of aromatic nitrogens is 3. The van der Waals surface area contributed by atoms with E-state index in [0.29, 0.717) is 22.8 Å². The van der Waals surface area contributed by atoms with Crippen LogP contribution in [0.1, 0.15) is 42.7 Å². The first-order valence-corrected chi connectivity index (χ1v) is 14.3. The number of nitrogens with one attached hydrogen (secondary N) is 3. The van der Waals surface area contributed by atoms with Gasteiger partial charge in [-0.25, -0.2) is 17.8 Å². The highest BCUT2D eigenvalue weighted by Gasteiger charge is 2.19. The third-order valence-electron chi connectivity index (χ3n) is 6.55. The lowest BCUT2D eigenvalue weighted by atomic mass is 10.0. The highest BCUT2D eigenvalue weighted by Crippen LogP contribution is 2.28. The lowest BCUT2D eigenvalue weighted by Gasteiger charge is -2.16. The fourth-order valence-corrected chi connectivity index (χ4v) is 4.86. The molecule has 2 heterocycles. The Morgan fingerprint density at radius 1 is 0.900 bits per heavy atom. The molecule has 1 atom stereocenters. The monoisotopic (exact) mass is 557 g/mol. The Morgan fingerprint density at radius 2 is 1.62 bits per heavy atom. The molecule has 204 valence electrons. The number of hydrogen-bond donors (Lipinski definition) is 3. The van der Waals surface area contributed by atoms with Crippen molar-refractivity contribution in [1.82, 2.24) is 20.3 Å². The average Bonchev–Trinajstić information content (AvgIpc) is 3.43. The van der Waals surface area contributed by atoms with Gasteiger partial charge in [0.15, 0.2) is 5.82 Å². The Hall–Kier alpha value is -4.57. The minimum atomic E-state index is -3.67. The summed E-state index contributed by atoms with van der Waals surface area (Å²) in [5.41, 5.74) is 3.00. The number of hydrogen-bond acceptors (Lipinski definition) is 5. The number of H-pyrrole nitrogens is 1. The van der Waals surface area contributed by atoms with Crippen LogP contribution in [0, 0.1) is 5.82 Å². The molecule has 0 radical (unpaired) electrons. The van der Waals surface area contributed by atoms with E-state index in [9.17, 15) is 17.6 Å². The zero-order chi connectivity index (χ0) is 28.4. The molecule has 0 aliphatic carbocycles. The largest absolute Gasteiger partial charge is 0.346 e. The molecule has 10 heteroatoms. The maximum absolute atomic E-state index is 13.3. The van der Waals surface area contributed by atoms with Crippen LogP contribution in [-0.2, 0) is 10.0 Å². The minimum absolute atomic E-state index is 0.241. The number of rotatable bonds is 8. The lowest BCUT2D eigenvalue weighted by molar-refractivity contribution is 0.0940. The molecule has 0 fully saturated rings. The van der Waals surface area contributed by atoms with Gasteiger partial charge in [0.2, 0.25) is 10.0 Å². The lowest BCUT2D eigenvalue weighted by Crippen LogP contribution is -2.27. The molecule has 8 nitrogen and oxygen atoms in total. The molecule has 40 heavy (non-hydrogen) atoms. The van der Waals surface area contributed by atoms with Crippen molar-refractivity contribution in [3.8, 4) is 22.8 Å². The molecule has 0 aliphatic rings. The summed E-state index contributed by atoms with van der Waals surface area (Å²) in [5, 5.41) is 4.25. The number of halogens is 1. The van der Waals surface area contributed by atoms with Gasteiger partial charge < -0.3 is 10.3 Å². The van der Waals surface area contributed by atoms with Crippen molar-refractivity contribution in [3.05, 3.63) is 102 Å². The Kier molecular flexibility index (Phi) is 7.36. The van der Waals surface area contributed by atoms with Crippen molar-refractivity contribution >= 4 is 32.4 Å². The molecule has 3 aromatic carbocycles. The zero-order valence-corrected chi connectivity index (χ0v) is 23.0. The number of carbonyl (C=O) groups is 1. The van der Waals surface area contributed by atoms with Crippen LogP contribution in [0.25, 0.3) is 33.5 Å². The van der Waals surface area contributed by atoms with Gasteiger partial charge in [-0.2, -0.15) is 0 Å². The van der Waals surface area contributed by atoms with Gasteiger partial charge in [-0.1, -0.05) is 36.4 Å². The zero-order valence-electron chi connectivity index (χ0n) is 22.1. The SMILES string of the molecule is CC(NC(=O)c1cc(NS(=O)(=O)C(C)C)cc(-c2cnc(-c3cc4ccccc4cn3)[nH]2)c1)c1ccc(F)cc1. The Labute approximate surface area is 231 Å². The molecule has 0 saturated carbocycles. The highest BCUT2D eigenvalue weighted by molar-refractivity contribution is 7.93. The Morgan fingerprint density at radius 3 is 2.35 bits per heavy atom. The summed E-state index contributed by atoms with van der Waals surface area (Å²) in [5.74, 6) is -0.251. The number of aromatic amines is 1. The van der Waals surface area contributed by atoms with Crippen LogP contribution in [0.5, 0.6) is 0 Å². The van der Waals surface area contributed by atoms with Crippen molar-refractivity contribution in [3.63, 3.8) is 0 Å². The van der Waals surface area contributed by atoms with E-state index in [2.05, 4.69) is 25.0 Å². The molecule has 5 aromatic rings. The fourth-order valence-electron chi connectivity index (χ4n) is 4.18. The molecule has 0 bridgehead atoms. The summed E-state index contributed by atoms with van der Waals surface area (Å²) in [6.45, 7) is 4.93. The second kappa shape index (κ2) is 10.9. The predicted octanol–water partition coefficient (Wildman–Crippen LogP) is 6.07. The topological polar surface area (TPSA) is 117 Å². The second-order valence-electron chi connectivity index (χ2n) is 9.80. The van der Waals surface area contributed by atoms with Crippen LogP contribution in [0.15, 0.2) is 85.2 Å². The van der Waals surface area contributed by atoms with Gasteiger partial charge in [0.25, 0.3) is 5.91 Å². The van der Waals surface area contributed by atoms with Crippen molar-refractivity contribution in [1.29, 1.82) is 0 Å². The molecule has 3 N–H and O–H groups in total. The number of pyridine rings is 1. The van der Waals surface area contributed by atoms with Crippen molar-refractivity contribution < 1.29 is 17.6 Å². The first-order valence-electron chi connectivity index (χ1n) is 12.7. The summed E-state index contributed by atoms with van der Waals surface area (Å²) in [7, 11) is -3.67. The number of sulfonamides is 1. The first-order chi connectivity index (χ1) is 19.1. The molecular weight excluding hydrogens is 529 g/mol. The third-order valence-corrected chi connectivity index (χ3v) is 8.32. The van der Waals surface area contributed by atoms with Crippen LogP contribution in [0.3, 0.4) is 0 Å². The van der Waals surface area contributed by atoms with Crippen LogP contribution in [0.4, 0.5) is 10.1 Å². The third kappa shape index (κ3) is 5.86. The molecular formula is C30H28FN5O3S. The maximum Gasteiger partial charge on any atom is 0.251 e. The van der Waals surface area contributed by atoms with Crippen molar-refractivity contribution in [2.75, 3.05) is 4.72 Å². The van der Waals surface area contributed by atoms with E-state index in [4.69, 9.17) is 0 Å². The second-order valence-corrected chi connectivity index (χ2v) is 12.0. The van der Waals surface area contributed by atoms with E-state index in [1.165, 1.54) is 18.2 Å². The van der Waals surface area contributed by atoms with E-state index in [1.54, 1.807) is 57.4 Å². The summed E-state index contributed by atoms with van der Waals surface area (Å²) in [4.78, 5) is 25.5. The standard InChI is InChI=1S/C30H28FN5O3S/c1-18(2)40(38,39)36-26-13-23(12-24(14-26)30(37)34-19(3)20-8-10-25(31)11-9-20)28-17-33-29(35-28)27-15-21-6-4-5-7-22(21)16-32-27/h4-19,36H,1-3H3,(H,33,35)(H,34,37). The molecule has 1 amide bonds. The Bertz CT molecular complexity index is 1800. The van der Waals surface area contributed by atoms with Crippen LogP contribution in [0.2, 0.25) is 0 Å². The van der Waals surface area contributed by atoms with Gasteiger partial charge in [0, 0.05) is 28.4 Å². The van der Waals surface area contributed by atoms with Gasteiger partial charge in [-0.05, 0) is 68.1 Å². The summed E-state index contributed by atoms with van der Waals surface area (Å²) in [6, 6.07) is 20.0. The number of amides is 1. The number of anilines is 1. The van der Waals surface area contributed by atoms with Gasteiger partial charge >= 0.3 is 0 Å². The van der Waals surface area contributed by atoms with E-state index >= 15 is 0 Å². The summed E-state index contributed by atoms with van der Waals surface area (Å²) < 4.78 is 41.2. The first kappa shape index (κ1) is 27.0. The minimum Gasteiger partial charge on any atom is -0.346 e. The average molecular weight is 558 g/mol. The summed E-state index contributed by atoms with van der Waals surface area (Å²) in [6.07, 6.45) is 3.39. The Balaban J connectivity index is 1.49. The van der Waals surface area contributed by atoms with Crippen molar-refractivity contribution in [2.45, 2.75) is 32.1 Å². The number of benzene rings is 3. The van der Waals surface area contributed by atoms with Crippen LogP contribution < -0.4 is 10.0 Å². The number of imidazole rings is 1. The normalized spacial score (nSPS) is 12.4. The van der Waals surface area contributed by atoms with E-state index in [-0.39, 0.29) is 17.1 Å². The smallest absolute Gasteiger partial charge is 0.251 e. The highest BCUT2D eigenvalue weighted by atomic mass is 32.2. The maximum atomic E-state index is 13.3. The van der Waals surface area contributed by atoms with Crippen LogP contribution >= 0.6 is 0 Å². The van der Waals surface area contributed by atoms with E-state index in [1.807, 2.05) is 30.3 Å². The quantitative estimate of drug-likeness (QED) is 0.214. The summed E-state index contributed by atoms with van der Waals surface area (Å²) >= 11 is 0. The number of fused-ring (bicyclic) bond motifs is 1. The van der Waals surface area contributed by atoms with Gasteiger partial charge in [-0.3, -0.25) is 14.5 Å². The molecule has 0 aliphatic heterocycles. The number of nitrogens with zero attached hydrogens (tertiary/aromatic N) is 2. The number of carbonyl (C=O) groups excluding carboxylic acids is 1. The van der Waals surface area contributed by atoms with E-state index in [0.717, 1.165) is 16.3 Å². The molecule has 0 saturated heterocycles. The van der Waals surface area contributed by atoms with Crippen molar-refractivity contribution in [2.24, 2.45) is 0 Å². The van der Waals surface area contributed by atoms with E-state index < -0.39 is 27.2 Å². The van der Waals surface area contributed by atoms with Gasteiger partial charge in [-0.15, -0.1) is 0 Å². The molecule has 2 aromatic heterocycles. The van der Waals surface area contributed by atoms with Gasteiger partial charge in [0.1, 0.15) is 11.5 Å². The molecule has 0 spiro atoms.